The van der Waals surface area contributed by atoms with Gasteiger partial charge in [-0.3, -0.25) is 14.9 Å². The highest BCUT2D eigenvalue weighted by atomic mass is 32.1. The Morgan fingerprint density at radius 1 is 0.966 bits per heavy atom. The normalized spacial score (nSPS) is 10.8. The second kappa shape index (κ2) is 8.20. The second-order valence-electron chi connectivity index (χ2n) is 6.60. The van der Waals surface area contributed by atoms with E-state index in [-0.39, 0.29) is 18.0 Å². The summed E-state index contributed by atoms with van der Waals surface area (Å²) < 4.78 is 1.18. The van der Waals surface area contributed by atoms with Gasteiger partial charge in [0.15, 0.2) is 0 Å². The van der Waals surface area contributed by atoms with Gasteiger partial charge in [-0.15, -0.1) is 11.3 Å². The number of para-hydroxylation sites is 1. The number of nitrogens with zero attached hydrogens (tertiary/aromatic N) is 2. The Bertz CT molecular complexity index is 1140. The van der Waals surface area contributed by atoms with Gasteiger partial charge in [-0.25, -0.2) is 4.98 Å². The number of rotatable bonds is 6. The van der Waals surface area contributed by atoms with Crippen LogP contribution in [0.15, 0.2) is 72.8 Å². The number of nitro benzene ring substituents is 1. The van der Waals surface area contributed by atoms with Gasteiger partial charge in [0.05, 0.1) is 26.6 Å². The molecule has 0 atom stereocenters. The Balaban J connectivity index is 1.36. The van der Waals surface area contributed by atoms with Crippen molar-refractivity contribution >= 4 is 38.8 Å². The average Bonchev–Trinajstić information content (AvgIpc) is 3.12. The number of carbonyl (C=O) groups is 1. The molecule has 3 aromatic carbocycles. The first-order chi connectivity index (χ1) is 14.1. The number of nitro groups is 1. The maximum Gasteiger partial charge on any atom is 0.269 e. The number of benzene rings is 3. The zero-order valence-electron chi connectivity index (χ0n) is 15.4. The van der Waals surface area contributed by atoms with Gasteiger partial charge in [0.25, 0.3) is 5.69 Å². The van der Waals surface area contributed by atoms with Crippen molar-refractivity contribution in [1.82, 2.24) is 4.98 Å². The van der Waals surface area contributed by atoms with Crippen LogP contribution in [-0.4, -0.2) is 15.8 Å². The van der Waals surface area contributed by atoms with E-state index in [4.69, 9.17) is 0 Å². The Morgan fingerprint density at radius 2 is 1.66 bits per heavy atom. The Morgan fingerprint density at radius 3 is 2.34 bits per heavy atom. The Labute approximate surface area is 171 Å². The summed E-state index contributed by atoms with van der Waals surface area (Å²) in [5.74, 6) is -0.169. The molecule has 7 heteroatoms. The summed E-state index contributed by atoms with van der Waals surface area (Å²) in [6.07, 6.45) is 0.905. The topological polar surface area (TPSA) is 85.1 Å². The fourth-order valence-corrected chi connectivity index (χ4v) is 4.00. The van der Waals surface area contributed by atoms with Gasteiger partial charge < -0.3 is 5.32 Å². The van der Waals surface area contributed by atoms with Crippen LogP contribution >= 0.6 is 11.3 Å². The van der Waals surface area contributed by atoms with Crippen LogP contribution in [-0.2, 0) is 17.6 Å². The largest absolute Gasteiger partial charge is 0.326 e. The van der Waals surface area contributed by atoms with Crippen molar-refractivity contribution in [2.24, 2.45) is 0 Å². The van der Waals surface area contributed by atoms with E-state index in [1.807, 2.05) is 42.5 Å². The van der Waals surface area contributed by atoms with E-state index in [9.17, 15) is 14.9 Å². The number of thiazole rings is 1. The van der Waals surface area contributed by atoms with Gasteiger partial charge in [0.2, 0.25) is 5.91 Å². The lowest BCUT2D eigenvalue weighted by Gasteiger charge is -2.06. The molecular weight excluding hydrogens is 386 g/mol. The minimum absolute atomic E-state index is 0.0119. The molecule has 144 valence electrons. The number of nitrogens with one attached hydrogen (secondary N) is 1. The van der Waals surface area contributed by atoms with E-state index in [1.54, 1.807) is 23.5 Å². The van der Waals surface area contributed by atoms with Gasteiger partial charge >= 0.3 is 0 Å². The number of amides is 1. The van der Waals surface area contributed by atoms with Crippen molar-refractivity contribution in [1.29, 1.82) is 0 Å². The summed E-state index contributed by atoms with van der Waals surface area (Å²) in [6, 6.07) is 21.8. The lowest BCUT2D eigenvalue weighted by atomic mass is 10.1. The quantitative estimate of drug-likeness (QED) is 0.364. The first-order valence-corrected chi connectivity index (χ1v) is 9.85. The summed E-state index contributed by atoms with van der Waals surface area (Å²) in [5.41, 5.74) is 3.59. The summed E-state index contributed by atoms with van der Waals surface area (Å²) in [6.45, 7) is 0. The molecule has 1 aromatic heterocycles. The summed E-state index contributed by atoms with van der Waals surface area (Å²) in [4.78, 5) is 27.1. The number of hydrogen-bond donors (Lipinski definition) is 1. The molecule has 1 N–H and O–H groups in total. The van der Waals surface area contributed by atoms with Gasteiger partial charge in [0.1, 0.15) is 0 Å². The number of hydrogen-bond acceptors (Lipinski definition) is 5. The minimum atomic E-state index is -0.459. The van der Waals surface area contributed by atoms with Crippen molar-refractivity contribution in [2.75, 3.05) is 5.32 Å². The molecule has 4 rings (SSSR count). The monoisotopic (exact) mass is 403 g/mol. The van der Waals surface area contributed by atoms with Crippen LogP contribution < -0.4 is 5.32 Å². The third-order valence-corrected chi connectivity index (χ3v) is 5.48. The summed E-state index contributed by atoms with van der Waals surface area (Å²) in [7, 11) is 0. The van der Waals surface area contributed by atoms with Crippen LogP contribution in [0.3, 0.4) is 0 Å². The molecule has 0 aliphatic rings. The second-order valence-corrected chi connectivity index (χ2v) is 7.71. The number of non-ortho nitro benzene ring substituents is 1. The highest BCUT2D eigenvalue weighted by Gasteiger charge is 2.09. The van der Waals surface area contributed by atoms with Gasteiger partial charge in [-0.05, 0) is 35.4 Å². The van der Waals surface area contributed by atoms with Crippen molar-refractivity contribution in [3.05, 3.63) is 99.0 Å². The molecule has 0 bridgehead atoms. The van der Waals surface area contributed by atoms with Gasteiger partial charge in [-0.1, -0.05) is 36.4 Å². The summed E-state index contributed by atoms with van der Waals surface area (Å²) in [5, 5.41) is 14.6. The zero-order valence-corrected chi connectivity index (χ0v) is 16.2. The molecule has 4 aromatic rings. The van der Waals surface area contributed by atoms with Gasteiger partial charge in [-0.2, -0.15) is 0 Å². The first kappa shape index (κ1) is 18.8. The van der Waals surface area contributed by atoms with Crippen molar-refractivity contribution in [2.45, 2.75) is 12.8 Å². The lowest BCUT2D eigenvalue weighted by molar-refractivity contribution is -0.384. The minimum Gasteiger partial charge on any atom is -0.326 e. The van der Waals surface area contributed by atoms with E-state index < -0.39 is 4.92 Å². The number of carbonyl (C=O) groups excluding carboxylic acids is 1. The summed E-state index contributed by atoms with van der Waals surface area (Å²) >= 11 is 1.69. The van der Waals surface area contributed by atoms with Crippen LogP contribution in [0.25, 0.3) is 10.2 Å². The third-order valence-electron chi connectivity index (χ3n) is 4.44. The van der Waals surface area contributed by atoms with Crippen molar-refractivity contribution in [3.63, 3.8) is 0 Å². The van der Waals surface area contributed by atoms with E-state index >= 15 is 0 Å². The van der Waals surface area contributed by atoms with Crippen LogP contribution in [0.1, 0.15) is 16.1 Å². The fourth-order valence-electron chi connectivity index (χ4n) is 3.00. The highest BCUT2D eigenvalue weighted by molar-refractivity contribution is 7.18. The molecule has 0 spiro atoms. The van der Waals surface area contributed by atoms with Crippen molar-refractivity contribution < 1.29 is 9.72 Å². The molecule has 0 fully saturated rings. The van der Waals surface area contributed by atoms with Crippen LogP contribution in [0.2, 0.25) is 0 Å². The number of fused-ring (bicyclic) bond motifs is 1. The van der Waals surface area contributed by atoms with Crippen LogP contribution in [0.4, 0.5) is 11.4 Å². The maximum atomic E-state index is 12.2. The molecule has 0 radical (unpaired) electrons. The van der Waals surface area contributed by atoms with E-state index in [0.29, 0.717) is 5.69 Å². The Kier molecular flexibility index (Phi) is 5.31. The van der Waals surface area contributed by atoms with Crippen LogP contribution in [0, 0.1) is 10.1 Å². The molecular formula is C22H17N3O3S. The first-order valence-electron chi connectivity index (χ1n) is 9.03. The molecule has 0 aliphatic heterocycles. The predicted molar refractivity (Wildman–Crippen MR) is 114 cm³/mol. The van der Waals surface area contributed by atoms with E-state index in [1.165, 1.54) is 16.8 Å². The molecule has 1 heterocycles. The van der Waals surface area contributed by atoms with E-state index in [2.05, 4.69) is 16.4 Å². The molecule has 0 saturated heterocycles. The number of aromatic nitrogens is 1. The zero-order chi connectivity index (χ0) is 20.2. The van der Waals surface area contributed by atoms with Crippen molar-refractivity contribution in [3.8, 4) is 0 Å². The van der Waals surface area contributed by atoms with E-state index in [0.717, 1.165) is 28.1 Å². The standard InChI is InChI=1S/C22H17N3O3S/c26-21(13-15-7-11-18(12-8-15)25(27)28)23-17-9-5-16(6-10-17)14-22-24-19-3-1-2-4-20(19)29-22/h1-12H,13-14H2,(H,23,26). The maximum absolute atomic E-state index is 12.2. The SMILES string of the molecule is O=C(Cc1ccc([N+](=O)[O-])cc1)Nc1ccc(Cc2nc3ccccc3s2)cc1. The van der Waals surface area contributed by atoms with Gasteiger partial charge in [0, 0.05) is 24.2 Å². The molecule has 0 unspecified atom stereocenters. The molecule has 1 amide bonds. The Hall–Kier alpha value is -3.58. The molecule has 29 heavy (non-hydrogen) atoms. The fraction of sp³-hybridized carbons (Fsp3) is 0.0909. The predicted octanol–water partition coefficient (Wildman–Crippen LogP) is 4.98. The van der Waals surface area contributed by atoms with Crippen LogP contribution in [0.5, 0.6) is 0 Å². The molecule has 0 aliphatic carbocycles. The smallest absolute Gasteiger partial charge is 0.269 e. The average molecular weight is 403 g/mol. The number of anilines is 1. The third kappa shape index (κ3) is 4.64. The molecule has 0 saturated carbocycles. The highest BCUT2D eigenvalue weighted by Crippen LogP contribution is 2.24. The lowest BCUT2D eigenvalue weighted by Crippen LogP contribution is -2.14. The molecule has 6 nitrogen and oxygen atoms in total.